The van der Waals surface area contributed by atoms with Crippen LogP contribution in [-0.2, 0) is 6.42 Å². The highest BCUT2D eigenvalue weighted by atomic mass is 16.5. The summed E-state index contributed by atoms with van der Waals surface area (Å²) in [6.07, 6.45) is 4.12. The minimum Gasteiger partial charge on any atom is -0.619 e. The Kier molecular flexibility index (Phi) is 1.90. The van der Waals surface area contributed by atoms with Crippen LogP contribution in [0.5, 0.6) is 0 Å². The van der Waals surface area contributed by atoms with E-state index in [1.807, 2.05) is 13.0 Å². The van der Waals surface area contributed by atoms with Gasteiger partial charge in [0, 0.05) is 11.6 Å². The van der Waals surface area contributed by atoms with Crippen molar-refractivity contribution >= 4 is 0 Å². The van der Waals surface area contributed by atoms with Crippen molar-refractivity contribution in [3.05, 3.63) is 34.8 Å². The smallest absolute Gasteiger partial charge is 0.183 e. The van der Waals surface area contributed by atoms with Gasteiger partial charge in [0.2, 0.25) is 0 Å². The highest BCUT2D eigenvalue weighted by Gasteiger charge is 1.97. The Morgan fingerprint density at radius 2 is 2.30 bits per heavy atom. The summed E-state index contributed by atoms with van der Waals surface area (Å²) in [5.41, 5.74) is 2.31. The lowest BCUT2D eigenvalue weighted by molar-refractivity contribution is -0.605. The van der Waals surface area contributed by atoms with Gasteiger partial charge in [-0.25, -0.2) is 0 Å². The van der Waals surface area contributed by atoms with E-state index < -0.39 is 0 Å². The van der Waals surface area contributed by atoms with Crippen LogP contribution in [0.15, 0.2) is 18.5 Å². The molecule has 1 aromatic heterocycles. The second-order valence-electron chi connectivity index (χ2n) is 2.37. The fraction of sp³-hybridized carbons (Fsp3) is 0.375. The molecule has 2 nitrogen and oxygen atoms in total. The van der Waals surface area contributed by atoms with Crippen LogP contribution in [0.3, 0.4) is 0 Å². The molecule has 0 saturated carbocycles. The first-order valence-electron chi connectivity index (χ1n) is 3.42. The minimum atomic E-state index is 0.828. The van der Waals surface area contributed by atoms with Gasteiger partial charge in [0.05, 0.1) is 0 Å². The lowest BCUT2D eigenvalue weighted by atomic mass is 10.1. The van der Waals surface area contributed by atoms with E-state index in [1.54, 1.807) is 6.20 Å². The Hall–Kier alpha value is -1.05. The summed E-state index contributed by atoms with van der Waals surface area (Å²) < 4.78 is 0.828. The summed E-state index contributed by atoms with van der Waals surface area (Å²) in [4.78, 5) is 0. The maximum Gasteiger partial charge on any atom is 0.183 e. The Morgan fingerprint density at radius 3 is 2.80 bits per heavy atom. The van der Waals surface area contributed by atoms with Gasteiger partial charge >= 0.3 is 0 Å². The Morgan fingerprint density at radius 1 is 1.60 bits per heavy atom. The van der Waals surface area contributed by atoms with E-state index >= 15 is 0 Å². The third-order valence-corrected chi connectivity index (χ3v) is 1.63. The van der Waals surface area contributed by atoms with Gasteiger partial charge in [-0.2, -0.15) is 4.73 Å². The molecule has 0 atom stereocenters. The largest absolute Gasteiger partial charge is 0.619 e. The first kappa shape index (κ1) is 7.06. The van der Waals surface area contributed by atoms with Crippen LogP contribution in [0.2, 0.25) is 0 Å². The molecule has 54 valence electrons. The van der Waals surface area contributed by atoms with E-state index in [0.29, 0.717) is 0 Å². The van der Waals surface area contributed by atoms with Crippen molar-refractivity contribution < 1.29 is 4.73 Å². The molecule has 0 radical (unpaired) electrons. The molecular formula is C8H11NO. The monoisotopic (exact) mass is 137 g/mol. The average Bonchev–Trinajstić information content (AvgIpc) is 1.88. The molecule has 1 aromatic rings. The maximum atomic E-state index is 10.7. The van der Waals surface area contributed by atoms with Crippen molar-refractivity contribution in [2.45, 2.75) is 20.3 Å². The van der Waals surface area contributed by atoms with Gasteiger partial charge in [-0.3, -0.25) is 0 Å². The highest BCUT2D eigenvalue weighted by molar-refractivity contribution is 5.18. The molecule has 10 heavy (non-hydrogen) atoms. The summed E-state index contributed by atoms with van der Waals surface area (Å²) in [5, 5.41) is 10.7. The molecule has 0 N–H and O–H groups in total. The van der Waals surface area contributed by atoms with Crippen LogP contribution >= 0.6 is 0 Å². The second-order valence-corrected chi connectivity index (χ2v) is 2.37. The van der Waals surface area contributed by atoms with Crippen LogP contribution in [0.1, 0.15) is 18.1 Å². The van der Waals surface area contributed by atoms with E-state index in [-0.39, 0.29) is 0 Å². The average molecular weight is 137 g/mol. The third kappa shape index (κ3) is 1.26. The summed E-state index contributed by atoms with van der Waals surface area (Å²) >= 11 is 0. The van der Waals surface area contributed by atoms with Crippen LogP contribution < -0.4 is 4.73 Å². The second kappa shape index (κ2) is 2.69. The topological polar surface area (TPSA) is 26.9 Å². The summed E-state index contributed by atoms with van der Waals surface area (Å²) in [6, 6.07) is 1.86. The summed E-state index contributed by atoms with van der Waals surface area (Å²) in [5.74, 6) is 0. The van der Waals surface area contributed by atoms with Crippen molar-refractivity contribution in [3.63, 3.8) is 0 Å². The van der Waals surface area contributed by atoms with Crippen LogP contribution in [0.4, 0.5) is 0 Å². The Bertz CT molecular complexity index is 233. The van der Waals surface area contributed by atoms with Gasteiger partial charge in [0.15, 0.2) is 12.4 Å². The zero-order chi connectivity index (χ0) is 7.56. The quantitative estimate of drug-likeness (QED) is 0.422. The fourth-order valence-electron chi connectivity index (χ4n) is 1.01. The molecule has 0 aliphatic rings. The fourth-order valence-corrected chi connectivity index (χ4v) is 1.01. The first-order valence-corrected chi connectivity index (χ1v) is 3.42. The molecule has 1 heterocycles. The zero-order valence-electron chi connectivity index (χ0n) is 6.29. The number of hydrogen-bond donors (Lipinski definition) is 0. The van der Waals surface area contributed by atoms with Crippen LogP contribution in [0.25, 0.3) is 0 Å². The zero-order valence-corrected chi connectivity index (χ0v) is 6.29. The van der Waals surface area contributed by atoms with E-state index in [2.05, 4.69) is 6.92 Å². The molecular weight excluding hydrogens is 126 g/mol. The SMILES string of the molecule is CCc1cc[n+]([O-])cc1C. The molecule has 0 unspecified atom stereocenters. The van der Waals surface area contributed by atoms with Crippen molar-refractivity contribution in [2.24, 2.45) is 0 Å². The molecule has 0 amide bonds. The molecule has 1 rings (SSSR count). The maximum absolute atomic E-state index is 10.7. The molecule has 0 spiro atoms. The number of aromatic nitrogens is 1. The van der Waals surface area contributed by atoms with E-state index in [1.165, 1.54) is 11.8 Å². The molecule has 0 aliphatic carbocycles. The van der Waals surface area contributed by atoms with Crippen molar-refractivity contribution in [2.75, 3.05) is 0 Å². The van der Waals surface area contributed by atoms with Crippen LogP contribution in [0, 0.1) is 12.1 Å². The van der Waals surface area contributed by atoms with Gasteiger partial charge in [-0.15, -0.1) is 0 Å². The van der Waals surface area contributed by atoms with Gasteiger partial charge < -0.3 is 5.21 Å². The Labute approximate surface area is 60.7 Å². The molecule has 0 saturated heterocycles. The number of aryl methyl sites for hydroxylation is 2. The summed E-state index contributed by atoms with van der Waals surface area (Å²) in [6.45, 7) is 4.03. The molecule has 0 aliphatic heterocycles. The predicted molar refractivity (Wildman–Crippen MR) is 39.5 cm³/mol. The molecule has 2 heteroatoms. The third-order valence-electron chi connectivity index (χ3n) is 1.63. The van der Waals surface area contributed by atoms with E-state index in [9.17, 15) is 5.21 Å². The van der Waals surface area contributed by atoms with Crippen LogP contribution in [-0.4, -0.2) is 0 Å². The predicted octanol–water partition coefficient (Wildman–Crippen LogP) is 1.19. The molecule has 0 fully saturated rings. The van der Waals surface area contributed by atoms with Gasteiger partial charge in [0.25, 0.3) is 0 Å². The minimum absolute atomic E-state index is 0.828. The van der Waals surface area contributed by atoms with Gasteiger partial charge in [-0.1, -0.05) is 6.92 Å². The van der Waals surface area contributed by atoms with E-state index in [4.69, 9.17) is 0 Å². The molecule has 0 aromatic carbocycles. The lowest BCUT2D eigenvalue weighted by Crippen LogP contribution is -2.25. The van der Waals surface area contributed by atoms with Gasteiger partial charge in [-0.05, 0) is 18.9 Å². The van der Waals surface area contributed by atoms with Crippen molar-refractivity contribution in [1.82, 2.24) is 0 Å². The number of nitrogens with zero attached hydrogens (tertiary/aromatic N) is 1. The number of hydrogen-bond acceptors (Lipinski definition) is 1. The normalized spacial score (nSPS) is 9.80. The number of pyridine rings is 1. The molecule has 0 bridgehead atoms. The van der Waals surface area contributed by atoms with Gasteiger partial charge in [0.1, 0.15) is 0 Å². The first-order chi connectivity index (χ1) is 4.74. The summed E-state index contributed by atoms with van der Waals surface area (Å²) in [7, 11) is 0. The standard InChI is InChI=1S/C8H11NO/c1-3-8-4-5-9(10)6-7(8)2/h4-6H,3H2,1-2H3. The van der Waals surface area contributed by atoms with E-state index in [0.717, 1.165) is 16.7 Å². The Balaban J connectivity index is 3.07. The van der Waals surface area contributed by atoms with Crippen molar-refractivity contribution in [1.29, 1.82) is 0 Å². The highest BCUT2D eigenvalue weighted by Crippen LogP contribution is 2.03. The lowest BCUT2D eigenvalue weighted by Gasteiger charge is -2.00. The van der Waals surface area contributed by atoms with Crippen molar-refractivity contribution in [3.8, 4) is 0 Å². The number of rotatable bonds is 1.